The zero-order chi connectivity index (χ0) is 17.9. The van der Waals surface area contributed by atoms with Crippen LogP contribution in [0.15, 0.2) is 35.1 Å². The van der Waals surface area contributed by atoms with Gasteiger partial charge < -0.3 is 9.84 Å². The maximum Gasteiger partial charge on any atom is 0.304 e. The van der Waals surface area contributed by atoms with Gasteiger partial charge in [-0.05, 0) is 13.3 Å². The molecule has 0 radical (unpaired) electrons. The maximum absolute atomic E-state index is 11.1. The van der Waals surface area contributed by atoms with Gasteiger partial charge in [-0.2, -0.15) is 0 Å². The Bertz CT molecular complexity index is 809. The first-order valence-corrected chi connectivity index (χ1v) is 9.87. The van der Waals surface area contributed by atoms with Crippen molar-refractivity contribution in [3.8, 4) is 10.7 Å². The molecule has 7 heteroatoms. The van der Waals surface area contributed by atoms with Gasteiger partial charge in [-0.25, -0.2) is 9.97 Å². The summed E-state index contributed by atoms with van der Waals surface area (Å²) in [6, 6.07) is 0. The van der Waals surface area contributed by atoms with Crippen LogP contribution in [0.25, 0.3) is 10.7 Å². The van der Waals surface area contributed by atoms with Crippen LogP contribution in [0.2, 0.25) is 0 Å². The van der Waals surface area contributed by atoms with E-state index in [9.17, 15) is 4.79 Å². The summed E-state index contributed by atoms with van der Waals surface area (Å²) in [4.78, 5) is 20.3. The van der Waals surface area contributed by atoms with E-state index >= 15 is 0 Å². The smallest absolute Gasteiger partial charge is 0.304 e. The summed E-state index contributed by atoms with van der Waals surface area (Å²) in [5.41, 5.74) is 1.10. The molecular weight excluding hydrogens is 356 g/mol. The molecule has 132 valence electrons. The Morgan fingerprint density at radius 2 is 2.16 bits per heavy atom. The van der Waals surface area contributed by atoms with Crippen molar-refractivity contribution in [3.05, 3.63) is 45.8 Å². The van der Waals surface area contributed by atoms with Gasteiger partial charge in [0.2, 0.25) is 0 Å². The van der Waals surface area contributed by atoms with Gasteiger partial charge in [0, 0.05) is 16.7 Å². The lowest BCUT2D eigenvalue weighted by molar-refractivity contribution is -0.140. The fourth-order valence-corrected chi connectivity index (χ4v) is 4.23. The topological polar surface area (TPSA) is 72.3 Å². The summed E-state index contributed by atoms with van der Waals surface area (Å²) in [5.74, 6) is -1.02. The minimum Gasteiger partial charge on any atom is -0.481 e. The second-order valence-electron chi connectivity index (χ2n) is 6.04. The van der Waals surface area contributed by atoms with Crippen LogP contribution in [0.3, 0.4) is 0 Å². The third kappa shape index (κ3) is 4.23. The van der Waals surface area contributed by atoms with Crippen molar-refractivity contribution in [2.75, 3.05) is 0 Å². The van der Waals surface area contributed by atoms with Gasteiger partial charge in [0.25, 0.3) is 0 Å². The summed E-state index contributed by atoms with van der Waals surface area (Å²) >= 11 is 3.20. The van der Waals surface area contributed by atoms with Gasteiger partial charge in [0.15, 0.2) is 0 Å². The number of aromatic nitrogens is 2. The first-order valence-electron chi connectivity index (χ1n) is 8.11. The number of rotatable bonds is 7. The van der Waals surface area contributed by atoms with Crippen molar-refractivity contribution in [3.63, 3.8) is 0 Å². The minimum atomic E-state index is -0.828. The lowest BCUT2D eigenvalue weighted by atomic mass is 9.83. The normalized spacial score (nSPS) is 22.4. The van der Waals surface area contributed by atoms with Crippen LogP contribution < -0.4 is 0 Å². The molecule has 0 saturated carbocycles. The van der Waals surface area contributed by atoms with E-state index in [-0.39, 0.29) is 12.3 Å². The predicted octanol–water partition coefficient (Wildman–Crippen LogP) is 4.32. The van der Waals surface area contributed by atoms with Crippen LogP contribution in [0.4, 0.5) is 0 Å². The predicted molar refractivity (Wildman–Crippen MR) is 99.8 cm³/mol. The van der Waals surface area contributed by atoms with Gasteiger partial charge in [0.1, 0.15) is 10.7 Å². The molecule has 0 spiro atoms. The molecule has 0 aliphatic heterocycles. The third-order valence-electron chi connectivity index (χ3n) is 4.17. The Labute approximate surface area is 154 Å². The highest BCUT2D eigenvalue weighted by molar-refractivity contribution is 7.14. The molecule has 1 aliphatic rings. The summed E-state index contributed by atoms with van der Waals surface area (Å²) in [7, 11) is 0. The monoisotopic (exact) mass is 376 g/mol. The highest BCUT2D eigenvalue weighted by atomic mass is 32.1. The Morgan fingerprint density at radius 3 is 2.88 bits per heavy atom. The molecule has 25 heavy (non-hydrogen) atoms. The Morgan fingerprint density at radius 1 is 1.32 bits per heavy atom. The average molecular weight is 377 g/mol. The van der Waals surface area contributed by atoms with Crippen molar-refractivity contribution in [2.24, 2.45) is 5.92 Å². The number of carbonyl (C=O) groups is 1. The van der Waals surface area contributed by atoms with E-state index in [1.807, 2.05) is 42.0 Å². The van der Waals surface area contributed by atoms with Crippen molar-refractivity contribution in [1.82, 2.24) is 9.97 Å². The van der Waals surface area contributed by atoms with Gasteiger partial charge in [-0.15, -0.1) is 22.7 Å². The molecule has 2 aromatic rings. The number of hydrogen-bond donors (Lipinski definition) is 1. The Balaban J connectivity index is 1.67. The number of thiazole rings is 2. The quantitative estimate of drug-likeness (QED) is 0.779. The number of carboxylic acid groups (broad SMARTS) is 1. The summed E-state index contributed by atoms with van der Waals surface area (Å²) in [5, 5.41) is 15.1. The highest BCUT2D eigenvalue weighted by Crippen LogP contribution is 2.32. The molecule has 5 nitrogen and oxygen atoms in total. The van der Waals surface area contributed by atoms with E-state index in [4.69, 9.17) is 9.84 Å². The third-order valence-corrected chi connectivity index (χ3v) is 6.08. The molecule has 0 saturated heterocycles. The molecule has 0 aromatic carbocycles. The van der Waals surface area contributed by atoms with Crippen LogP contribution in [0.5, 0.6) is 0 Å². The number of aryl methyl sites for hydroxylation is 1. The second kappa shape index (κ2) is 7.59. The molecule has 0 fully saturated rings. The molecule has 0 amide bonds. The van der Waals surface area contributed by atoms with E-state index < -0.39 is 11.6 Å². The molecule has 3 rings (SSSR count). The number of carboxylic acids is 1. The number of aliphatic carboxylic acids is 1. The summed E-state index contributed by atoms with van der Waals surface area (Å²) < 4.78 is 6.07. The fraction of sp³-hybridized carbons (Fsp3) is 0.389. The van der Waals surface area contributed by atoms with Crippen molar-refractivity contribution in [1.29, 1.82) is 0 Å². The van der Waals surface area contributed by atoms with E-state index in [2.05, 4.69) is 16.9 Å². The summed E-state index contributed by atoms with van der Waals surface area (Å²) in [6.45, 7) is 4.35. The van der Waals surface area contributed by atoms with Gasteiger partial charge in [0.05, 0.1) is 29.3 Å². The van der Waals surface area contributed by atoms with Gasteiger partial charge in [-0.3, -0.25) is 4.79 Å². The summed E-state index contributed by atoms with van der Waals surface area (Å²) in [6.07, 6.45) is 8.54. The molecule has 2 atom stereocenters. The second-order valence-corrected chi connectivity index (χ2v) is 7.85. The van der Waals surface area contributed by atoms with E-state index in [1.54, 1.807) is 22.7 Å². The van der Waals surface area contributed by atoms with E-state index in [0.29, 0.717) is 6.61 Å². The maximum atomic E-state index is 11.1. The first-order chi connectivity index (χ1) is 12.0. The van der Waals surface area contributed by atoms with Crippen molar-refractivity contribution < 1.29 is 14.6 Å². The number of allylic oxidation sites excluding steroid dienone is 2. The lowest BCUT2D eigenvalue weighted by Gasteiger charge is -2.34. The SMILES string of the molecule is CCc1nc(-c2nc(COC3(C)C=CC=CC3CC(=O)O)cs2)cs1. The first kappa shape index (κ1) is 18.0. The molecule has 2 heterocycles. The zero-order valence-corrected chi connectivity index (χ0v) is 15.8. The molecule has 0 bridgehead atoms. The largest absolute Gasteiger partial charge is 0.481 e. The fourth-order valence-electron chi connectivity index (χ4n) is 2.67. The Kier molecular flexibility index (Phi) is 5.46. The highest BCUT2D eigenvalue weighted by Gasteiger charge is 2.34. The van der Waals surface area contributed by atoms with Crippen molar-refractivity contribution in [2.45, 2.75) is 38.9 Å². The van der Waals surface area contributed by atoms with Crippen LogP contribution in [0.1, 0.15) is 31.0 Å². The standard InChI is InChI=1S/C18H20N2O3S2/c1-3-15-20-14(11-24-15)17-19-13(10-25-17)9-23-18(2)7-5-4-6-12(18)8-16(21)22/h4-7,10-12H,3,8-9H2,1-2H3,(H,21,22). The lowest BCUT2D eigenvalue weighted by Crippen LogP contribution is -2.37. The van der Waals surface area contributed by atoms with E-state index in [0.717, 1.165) is 27.8 Å². The molecule has 1 N–H and O–H groups in total. The molecular formula is C18H20N2O3S2. The number of hydrogen-bond acceptors (Lipinski definition) is 6. The molecule has 2 unspecified atom stereocenters. The average Bonchev–Trinajstić information content (AvgIpc) is 3.23. The van der Waals surface area contributed by atoms with Crippen molar-refractivity contribution >= 4 is 28.6 Å². The zero-order valence-electron chi connectivity index (χ0n) is 14.1. The van der Waals surface area contributed by atoms with E-state index in [1.165, 1.54) is 0 Å². The van der Waals surface area contributed by atoms with Crippen LogP contribution in [0, 0.1) is 5.92 Å². The number of ether oxygens (including phenoxy) is 1. The van der Waals surface area contributed by atoms with Crippen LogP contribution in [-0.2, 0) is 22.6 Å². The molecule has 2 aromatic heterocycles. The number of nitrogens with zero attached hydrogens (tertiary/aromatic N) is 2. The minimum absolute atomic E-state index is 0.0400. The Hall–Kier alpha value is -1.83. The van der Waals surface area contributed by atoms with Crippen LogP contribution in [-0.4, -0.2) is 26.6 Å². The van der Waals surface area contributed by atoms with Gasteiger partial charge >= 0.3 is 5.97 Å². The molecule has 1 aliphatic carbocycles. The van der Waals surface area contributed by atoms with Crippen LogP contribution >= 0.6 is 22.7 Å². The van der Waals surface area contributed by atoms with Gasteiger partial charge in [-0.1, -0.05) is 31.2 Å².